The first-order chi connectivity index (χ1) is 8.97. The number of carbonyl (C=O) groups excluding carboxylic acids is 1. The van der Waals surface area contributed by atoms with E-state index in [0.717, 1.165) is 6.07 Å². The van der Waals surface area contributed by atoms with E-state index in [9.17, 15) is 9.18 Å². The Labute approximate surface area is 114 Å². The Morgan fingerprint density at radius 3 is 2.68 bits per heavy atom. The Kier molecular flexibility index (Phi) is 3.76. The van der Waals surface area contributed by atoms with Gasteiger partial charge in [0.15, 0.2) is 0 Å². The number of esters is 1. The Morgan fingerprint density at radius 2 is 2.05 bits per heavy atom. The molecule has 0 amide bonds. The molecule has 0 fully saturated rings. The zero-order valence-electron chi connectivity index (χ0n) is 10.3. The summed E-state index contributed by atoms with van der Waals surface area (Å²) in [4.78, 5) is 19.9. The van der Waals surface area contributed by atoms with E-state index in [-0.39, 0.29) is 16.5 Å². The molecule has 4 nitrogen and oxygen atoms in total. The predicted molar refractivity (Wildman–Crippen MR) is 67.9 cm³/mol. The van der Waals surface area contributed by atoms with E-state index in [1.165, 1.54) is 18.2 Å². The van der Waals surface area contributed by atoms with Gasteiger partial charge in [0.05, 0.1) is 5.02 Å². The van der Waals surface area contributed by atoms with Gasteiger partial charge in [-0.05, 0) is 26.0 Å². The number of hydrogen-bond donors (Lipinski definition) is 0. The van der Waals surface area contributed by atoms with Crippen LogP contribution in [-0.4, -0.2) is 15.9 Å². The lowest BCUT2D eigenvalue weighted by molar-refractivity contribution is 0.0722. The predicted octanol–water partition coefficient (Wildman–Crippen LogP) is 3.11. The fourth-order valence-electron chi connectivity index (χ4n) is 1.57. The van der Waals surface area contributed by atoms with Gasteiger partial charge < -0.3 is 4.74 Å². The summed E-state index contributed by atoms with van der Waals surface area (Å²) in [6.07, 6.45) is 0. The number of nitrogens with zero attached hydrogens (tertiary/aromatic N) is 2. The zero-order valence-corrected chi connectivity index (χ0v) is 11.0. The molecule has 2 aromatic rings. The molecular weight excluding hydrogens is 271 g/mol. The van der Waals surface area contributed by atoms with Crippen LogP contribution in [0.15, 0.2) is 24.3 Å². The van der Waals surface area contributed by atoms with Crippen LogP contribution in [0.2, 0.25) is 5.02 Å². The van der Waals surface area contributed by atoms with Crippen molar-refractivity contribution >= 4 is 17.6 Å². The average Bonchev–Trinajstić information content (AvgIpc) is 2.26. The summed E-state index contributed by atoms with van der Waals surface area (Å²) in [6.45, 7) is 3.41. The zero-order chi connectivity index (χ0) is 14.0. The van der Waals surface area contributed by atoms with Crippen molar-refractivity contribution in [2.75, 3.05) is 0 Å². The fourth-order valence-corrected chi connectivity index (χ4v) is 1.81. The number of halogens is 2. The first-order valence-electron chi connectivity index (χ1n) is 5.46. The summed E-state index contributed by atoms with van der Waals surface area (Å²) in [5, 5.41) is -0.00694. The Balaban J connectivity index is 2.31. The van der Waals surface area contributed by atoms with Crippen molar-refractivity contribution in [3.05, 3.63) is 52.2 Å². The van der Waals surface area contributed by atoms with E-state index in [1.54, 1.807) is 13.8 Å². The lowest BCUT2D eigenvalue weighted by atomic mass is 10.2. The van der Waals surface area contributed by atoms with Crippen LogP contribution in [0.3, 0.4) is 0 Å². The largest absolute Gasteiger partial charge is 0.404 e. The molecule has 0 aliphatic heterocycles. The van der Waals surface area contributed by atoms with Gasteiger partial charge in [-0.1, -0.05) is 17.7 Å². The van der Waals surface area contributed by atoms with Gasteiger partial charge in [-0.3, -0.25) is 0 Å². The molecule has 19 heavy (non-hydrogen) atoms. The number of ether oxygens (including phenoxy) is 1. The summed E-state index contributed by atoms with van der Waals surface area (Å²) < 4.78 is 18.6. The molecule has 0 N–H and O–H groups in total. The first-order valence-corrected chi connectivity index (χ1v) is 5.83. The topological polar surface area (TPSA) is 52.1 Å². The lowest BCUT2D eigenvalue weighted by Crippen LogP contribution is -2.13. The molecule has 1 aromatic carbocycles. The van der Waals surface area contributed by atoms with E-state index in [4.69, 9.17) is 16.3 Å². The molecule has 0 saturated heterocycles. The minimum atomic E-state index is -0.888. The van der Waals surface area contributed by atoms with Crippen LogP contribution in [0.4, 0.5) is 4.39 Å². The monoisotopic (exact) mass is 280 g/mol. The minimum Gasteiger partial charge on any atom is -0.404 e. The van der Waals surface area contributed by atoms with Crippen molar-refractivity contribution in [1.82, 2.24) is 9.97 Å². The van der Waals surface area contributed by atoms with Gasteiger partial charge in [-0.25, -0.2) is 14.2 Å². The smallest absolute Gasteiger partial charge is 0.349 e. The summed E-state index contributed by atoms with van der Waals surface area (Å²) in [5.74, 6) is -1.10. The van der Waals surface area contributed by atoms with Crippen LogP contribution in [0.25, 0.3) is 0 Å². The van der Waals surface area contributed by atoms with Gasteiger partial charge in [-0.15, -0.1) is 0 Å². The van der Waals surface area contributed by atoms with E-state index >= 15 is 0 Å². The molecule has 98 valence electrons. The third-order valence-electron chi connectivity index (χ3n) is 2.31. The first kappa shape index (κ1) is 13.4. The molecule has 0 radical (unpaired) electrons. The highest BCUT2D eigenvalue weighted by atomic mass is 35.5. The molecule has 6 heteroatoms. The Hall–Kier alpha value is -2.01. The maximum atomic E-state index is 13.5. The molecule has 0 unspecified atom stereocenters. The van der Waals surface area contributed by atoms with Crippen molar-refractivity contribution in [2.24, 2.45) is 0 Å². The summed E-state index contributed by atoms with van der Waals surface area (Å²) in [6, 6.07) is 5.45. The average molecular weight is 281 g/mol. The number of aryl methyl sites for hydroxylation is 2. The van der Waals surface area contributed by atoms with Crippen LogP contribution in [0.5, 0.6) is 5.88 Å². The maximum absolute atomic E-state index is 13.5. The molecular formula is C13H10ClFN2O2. The maximum Gasteiger partial charge on any atom is 0.349 e. The molecule has 0 saturated carbocycles. The number of rotatable bonds is 2. The van der Waals surface area contributed by atoms with Crippen molar-refractivity contribution < 1.29 is 13.9 Å². The van der Waals surface area contributed by atoms with Crippen molar-refractivity contribution in [1.29, 1.82) is 0 Å². The third-order valence-corrected chi connectivity index (χ3v) is 2.62. The highest BCUT2D eigenvalue weighted by Crippen LogP contribution is 2.21. The van der Waals surface area contributed by atoms with E-state index in [0.29, 0.717) is 11.5 Å². The number of aromatic nitrogens is 2. The Morgan fingerprint density at radius 1 is 1.32 bits per heavy atom. The number of carbonyl (C=O) groups is 1. The second-order valence-electron chi connectivity index (χ2n) is 3.88. The quantitative estimate of drug-likeness (QED) is 0.793. The summed E-state index contributed by atoms with van der Waals surface area (Å²) >= 11 is 5.78. The van der Waals surface area contributed by atoms with Gasteiger partial charge >= 0.3 is 5.97 Å². The van der Waals surface area contributed by atoms with Crippen molar-refractivity contribution in [2.45, 2.75) is 13.8 Å². The molecule has 0 aliphatic rings. The van der Waals surface area contributed by atoms with E-state index < -0.39 is 11.8 Å². The highest BCUT2D eigenvalue weighted by Gasteiger charge is 2.18. The molecule has 1 heterocycles. The molecule has 0 aliphatic carbocycles. The van der Waals surface area contributed by atoms with E-state index in [2.05, 4.69) is 9.97 Å². The molecule has 0 atom stereocenters. The SMILES string of the molecule is Cc1cc(OC(=O)c2c(F)cccc2Cl)nc(C)n1. The minimum absolute atomic E-state index is 0.00694. The van der Waals surface area contributed by atoms with Crippen molar-refractivity contribution in [3.8, 4) is 5.88 Å². The van der Waals surface area contributed by atoms with E-state index in [1.807, 2.05) is 0 Å². The standard InChI is InChI=1S/C13H10ClFN2O2/c1-7-6-11(17-8(2)16-7)19-13(18)12-9(14)4-3-5-10(12)15/h3-6H,1-2H3. The fraction of sp³-hybridized carbons (Fsp3) is 0.154. The molecule has 0 bridgehead atoms. The summed E-state index contributed by atoms with van der Waals surface area (Å²) in [7, 11) is 0. The lowest BCUT2D eigenvalue weighted by Gasteiger charge is -2.07. The number of benzene rings is 1. The second kappa shape index (κ2) is 5.32. The highest BCUT2D eigenvalue weighted by molar-refractivity contribution is 6.33. The van der Waals surface area contributed by atoms with Crippen LogP contribution in [0.1, 0.15) is 21.9 Å². The second-order valence-corrected chi connectivity index (χ2v) is 4.29. The van der Waals surface area contributed by atoms with Gasteiger partial charge in [0.25, 0.3) is 0 Å². The third kappa shape index (κ3) is 3.06. The van der Waals surface area contributed by atoms with Crippen LogP contribution in [0, 0.1) is 19.7 Å². The normalized spacial score (nSPS) is 10.3. The van der Waals surface area contributed by atoms with Crippen LogP contribution < -0.4 is 4.74 Å². The Bertz CT molecular complexity index is 606. The van der Waals surface area contributed by atoms with Gasteiger partial charge in [-0.2, -0.15) is 4.98 Å². The van der Waals surface area contributed by atoms with Gasteiger partial charge in [0.2, 0.25) is 5.88 Å². The summed E-state index contributed by atoms with van der Waals surface area (Å²) in [5.41, 5.74) is 0.341. The number of hydrogen-bond acceptors (Lipinski definition) is 4. The van der Waals surface area contributed by atoms with Crippen molar-refractivity contribution in [3.63, 3.8) is 0 Å². The molecule has 2 rings (SSSR count). The molecule has 0 spiro atoms. The van der Waals surface area contributed by atoms with Gasteiger partial charge in [0, 0.05) is 11.8 Å². The van der Waals surface area contributed by atoms with Gasteiger partial charge in [0.1, 0.15) is 17.2 Å². The van der Waals surface area contributed by atoms with Crippen LogP contribution in [-0.2, 0) is 0 Å². The molecule has 1 aromatic heterocycles. The van der Waals surface area contributed by atoms with Crippen LogP contribution >= 0.6 is 11.6 Å².